The van der Waals surface area contributed by atoms with Crippen LogP contribution in [0, 0.1) is 12.8 Å². The summed E-state index contributed by atoms with van der Waals surface area (Å²) in [6.45, 7) is 7.04. The van der Waals surface area contributed by atoms with Crippen molar-refractivity contribution >= 4 is 32.6 Å². The predicted octanol–water partition coefficient (Wildman–Crippen LogP) is 4.54. The first-order chi connectivity index (χ1) is 14.1. The number of carbonyl (C=O) groups excluding carboxylic acids is 1. The molecule has 1 fully saturated rings. The zero-order valence-electron chi connectivity index (χ0n) is 17.0. The normalized spacial score (nSPS) is 14.9. The number of piperidine rings is 1. The summed E-state index contributed by atoms with van der Waals surface area (Å²) >= 11 is 1.70. The minimum absolute atomic E-state index is 0.0793. The highest BCUT2D eigenvalue weighted by atomic mass is 32.1. The number of thiazole rings is 1. The maximum atomic E-state index is 12.6. The topological polar surface area (TPSA) is 54.5 Å². The van der Waals surface area contributed by atoms with Crippen molar-refractivity contribution in [3.63, 3.8) is 0 Å². The number of anilines is 1. The first-order valence-corrected chi connectivity index (χ1v) is 11.1. The molecule has 1 aromatic heterocycles. The third kappa shape index (κ3) is 4.70. The van der Waals surface area contributed by atoms with Gasteiger partial charge in [0.1, 0.15) is 5.75 Å². The highest BCUT2D eigenvalue weighted by Crippen LogP contribution is 2.33. The van der Waals surface area contributed by atoms with E-state index in [0.29, 0.717) is 13.2 Å². The molecule has 0 atom stereocenters. The molecule has 0 bridgehead atoms. The van der Waals surface area contributed by atoms with Crippen molar-refractivity contribution < 1.29 is 9.53 Å². The number of hydrogen-bond donors (Lipinski definition) is 1. The Hall–Kier alpha value is -2.60. The van der Waals surface area contributed by atoms with E-state index in [1.54, 1.807) is 11.3 Å². The number of nitrogens with one attached hydrogen (secondary N) is 1. The molecular formula is C23H27N3O2S. The number of benzene rings is 2. The molecule has 0 spiro atoms. The number of nitrogens with zero attached hydrogens (tertiary/aromatic N) is 2. The molecule has 0 radical (unpaired) electrons. The zero-order chi connectivity index (χ0) is 20.2. The molecule has 0 unspecified atom stereocenters. The average molecular weight is 410 g/mol. The third-order valence-corrected chi connectivity index (χ3v) is 6.46. The molecule has 29 heavy (non-hydrogen) atoms. The highest BCUT2D eigenvalue weighted by Gasteiger charge is 2.26. The number of amides is 1. The number of carbonyl (C=O) groups is 1. The van der Waals surface area contributed by atoms with Crippen LogP contribution in [-0.4, -0.2) is 30.6 Å². The number of ether oxygens (including phenoxy) is 1. The van der Waals surface area contributed by atoms with E-state index in [4.69, 9.17) is 9.72 Å². The minimum atomic E-state index is 0.0793. The van der Waals surface area contributed by atoms with Gasteiger partial charge in [0.05, 0.1) is 16.8 Å². The van der Waals surface area contributed by atoms with E-state index >= 15 is 0 Å². The SMILES string of the molecule is CCOc1ccc2nc(N3CCC(C(=O)NCc4ccc(C)cc4)CC3)sc2c1. The van der Waals surface area contributed by atoms with Crippen molar-refractivity contribution in [2.75, 3.05) is 24.6 Å². The van der Waals surface area contributed by atoms with Gasteiger partial charge in [0.15, 0.2) is 5.13 Å². The Morgan fingerprint density at radius 1 is 1.21 bits per heavy atom. The molecular weight excluding hydrogens is 382 g/mol. The summed E-state index contributed by atoms with van der Waals surface area (Å²) in [6.07, 6.45) is 1.72. The lowest BCUT2D eigenvalue weighted by atomic mass is 9.96. The van der Waals surface area contributed by atoms with Crippen LogP contribution < -0.4 is 15.0 Å². The quantitative estimate of drug-likeness (QED) is 0.650. The molecule has 2 aromatic carbocycles. The Morgan fingerprint density at radius 2 is 1.97 bits per heavy atom. The van der Waals surface area contributed by atoms with Gasteiger partial charge in [0.2, 0.25) is 5.91 Å². The fraction of sp³-hybridized carbons (Fsp3) is 0.391. The number of aryl methyl sites for hydroxylation is 1. The van der Waals surface area contributed by atoms with Crippen LogP contribution in [-0.2, 0) is 11.3 Å². The summed E-state index contributed by atoms with van der Waals surface area (Å²) in [7, 11) is 0. The van der Waals surface area contributed by atoms with Crippen LogP contribution >= 0.6 is 11.3 Å². The summed E-state index contributed by atoms with van der Waals surface area (Å²) in [4.78, 5) is 19.6. The Morgan fingerprint density at radius 3 is 2.69 bits per heavy atom. The molecule has 1 saturated heterocycles. The predicted molar refractivity (Wildman–Crippen MR) is 119 cm³/mol. The number of rotatable bonds is 6. The summed E-state index contributed by atoms with van der Waals surface area (Å²) in [5, 5.41) is 4.13. The van der Waals surface area contributed by atoms with E-state index in [9.17, 15) is 4.79 Å². The van der Waals surface area contributed by atoms with E-state index in [1.165, 1.54) is 5.56 Å². The van der Waals surface area contributed by atoms with Gasteiger partial charge in [-0.15, -0.1) is 0 Å². The number of hydrogen-bond acceptors (Lipinski definition) is 5. The molecule has 4 rings (SSSR count). The summed E-state index contributed by atoms with van der Waals surface area (Å²) in [5.41, 5.74) is 3.38. The molecule has 0 aliphatic carbocycles. The Labute approximate surface area is 175 Å². The maximum absolute atomic E-state index is 12.6. The van der Waals surface area contributed by atoms with E-state index < -0.39 is 0 Å². The van der Waals surface area contributed by atoms with Crippen LogP contribution in [0.2, 0.25) is 0 Å². The lowest BCUT2D eigenvalue weighted by molar-refractivity contribution is -0.125. The summed E-state index contributed by atoms with van der Waals surface area (Å²) in [5.74, 6) is 1.13. The molecule has 3 aromatic rings. The molecule has 152 valence electrons. The first-order valence-electron chi connectivity index (χ1n) is 10.2. The first kappa shape index (κ1) is 19.7. The van der Waals surface area contributed by atoms with E-state index in [1.807, 2.05) is 19.1 Å². The van der Waals surface area contributed by atoms with Gasteiger partial charge in [-0.3, -0.25) is 4.79 Å². The van der Waals surface area contributed by atoms with Gasteiger partial charge in [-0.1, -0.05) is 41.2 Å². The highest BCUT2D eigenvalue weighted by molar-refractivity contribution is 7.22. The summed E-state index contributed by atoms with van der Waals surface area (Å²) < 4.78 is 6.73. The van der Waals surface area contributed by atoms with Crippen LogP contribution in [0.15, 0.2) is 42.5 Å². The second-order valence-corrected chi connectivity index (χ2v) is 8.53. The van der Waals surface area contributed by atoms with Gasteiger partial charge >= 0.3 is 0 Å². The Kier molecular flexibility index (Phi) is 6.00. The lowest BCUT2D eigenvalue weighted by Gasteiger charge is -2.31. The second kappa shape index (κ2) is 8.82. The van der Waals surface area contributed by atoms with Crippen molar-refractivity contribution in [2.45, 2.75) is 33.2 Å². The zero-order valence-corrected chi connectivity index (χ0v) is 17.8. The molecule has 0 saturated carbocycles. The molecule has 1 aliphatic heterocycles. The van der Waals surface area contributed by atoms with E-state index in [2.05, 4.69) is 47.5 Å². The van der Waals surface area contributed by atoms with Crippen molar-refractivity contribution in [1.82, 2.24) is 10.3 Å². The van der Waals surface area contributed by atoms with Gasteiger partial charge in [0, 0.05) is 25.6 Å². The molecule has 1 N–H and O–H groups in total. The fourth-order valence-electron chi connectivity index (χ4n) is 3.66. The monoisotopic (exact) mass is 409 g/mol. The Balaban J connectivity index is 1.32. The van der Waals surface area contributed by atoms with Crippen molar-refractivity contribution in [3.05, 3.63) is 53.6 Å². The fourth-order valence-corrected chi connectivity index (χ4v) is 4.70. The Bertz CT molecular complexity index is 975. The van der Waals surface area contributed by atoms with Crippen LogP contribution in [0.1, 0.15) is 30.9 Å². The van der Waals surface area contributed by atoms with Gasteiger partial charge < -0.3 is 15.0 Å². The van der Waals surface area contributed by atoms with Crippen LogP contribution in [0.5, 0.6) is 5.75 Å². The van der Waals surface area contributed by atoms with E-state index in [0.717, 1.165) is 52.6 Å². The molecule has 5 nitrogen and oxygen atoms in total. The van der Waals surface area contributed by atoms with Crippen molar-refractivity contribution in [1.29, 1.82) is 0 Å². The summed E-state index contributed by atoms with van der Waals surface area (Å²) in [6, 6.07) is 14.4. The van der Waals surface area contributed by atoms with Gasteiger partial charge in [-0.25, -0.2) is 4.98 Å². The minimum Gasteiger partial charge on any atom is -0.494 e. The van der Waals surface area contributed by atoms with Crippen LogP contribution in [0.25, 0.3) is 10.2 Å². The van der Waals surface area contributed by atoms with Gasteiger partial charge in [-0.05, 0) is 50.5 Å². The smallest absolute Gasteiger partial charge is 0.223 e. The van der Waals surface area contributed by atoms with Gasteiger partial charge in [-0.2, -0.15) is 0 Å². The average Bonchev–Trinajstić information content (AvgIpc) is 3.17. The number of aromatic nitrogens is 1. The van der Waals surface area contributed by atoms with Crippen molar-refractivity contribution in [3.8, 4) is 5.75 Å². The largest absolute Gasteiger partial charge is 0.494 e. The third-order valence-electron chi connectivity index (χ3n) is 5.38. The van der Waals surface area contributed by atoms with Crippen LogP contribution in [0.3, 0.4) is 0 Å². The van der Waals surface area contributed by atoms with Gasteiger partial charge in [0.25, 0.3) is 0 Å². The molecule has 1 amide bonds. The van der Waals surface area contributed by atoms with Crippen molar-refractivity contribution in [2.24, 2.45) is 5.92 Å². The van der Waals surface area contributed by atoms with E-state index in [-0.39, 0.29) is 11.8 Å². The molecule has 1 aliphatic rings. The van der Waals surface area contributed by atoms with Crippen LogP contribution in [0.4, 0.5) is 5.13 Å². The molecule has 6 heteroatoms. The maximum Gasteiger partial charge on any atom is 0.223 e. The standard InChI is InChI=1S/C23H27N3O2S/c1-3-28-19-8-9-20-21(14-19)29-23(25-20)26-12-10-18(11-13-26)22(27)24-15-17-6-4-16(2)5-7-17/h4-9,14,18H,3,10-13,15H2,1-2H3,(H,24,27). The number of fused-ring (bicyclic) bond motifs is 1. The molecule has 2 heterocycles. The second-order valence-electron chi connectivity index (χ2n) is 7.52. The lowest BCUT2D eigenvalue weighted by Crippen LogP contribution is -2.40.